The zero-order chi connectivity index (χ0) is 10.7. The van der Waals surface area contributed by atoms with Crippen LogP contribution in [0.25, 0.3) is 0 Å². The molecule has 1 saturated heterocycles. The Morgan fingerprint density at radius 1 is 1.53 bits per heavy atom. The van der Waals surface area contributed by atoms with E-state index in [9.17, 15) is 0 Å². The highest BCUT2D eigenvalue weighted by Gasteiger charge is 2.18. The standard InChI is InChI=1S/C11H14BrNO2/c12-10-2-1-3-11(9(10)6-13)15-8-4-5-14-7-8/h1-3,8H,4-7,13H2. The highest BCUT2D eigenvalue weighted by atomic mass is 79.9. The molecule has 3 nitrogen and oxygen atoms in total. The van der Waals surface area contributed by atoms with Crippen LogP contribution in [0.15, 0.2) is 22.7 Å². The quantitative estimate of drug-likeness (QED) is 0.916. The third kappa shape index (κ3) is 2.51. The van der Waals surface area contributed by atoms with E-state index in [1.54, 1.807) is 0 Å². The first-order chi connectivity index (χ1) is 7.31. The Kier molecular flexibility index (Phi) is 3.61. The van der Waals surface area contributed by atoms with Gasteiger partial charge in [-0.3, -0.25) is 0 Å². The normalized spacial score (nSPS) is 20.5. The minimum absolute atomic E-state index is 0.171. The second-order valence-electron chi connectivity index (χ2n) is 3.52. The molecule has 1 fully saturated rings. The van der Waals surface area contributed by atoms with Crippen LogP contribution in [-0.2, 0) is 11.3 Å². The molecule has 1 aromatic rings. The average molecular weight is 272 g/mol. The first-order valence-corrected chi connectivity index (χ1v) is 5.82. The SMILES string of the molecule is NCc1c(Br)cccc1OC1CCOC1. The van der Waals surface area contributed by atoms with Crippen molar-refractivity contribution in [1.82, 2.24) is 0 Å². The highest BCUT2D eigenvalue weighted by Crippen LogP contribution is 2.28. The zero-order valence-corrected chi connectivity index (χ0v) is 10.00. The molecule has 1 aliphatic heterocycles. The molecule has 1 atom stereocenters. The Morgan fingerprint density at radius 3 is 3.07 bits per heavy atom. The molecule has 0 saturated carbocycles. The molecule has 0 bridgehead atoms. The van der Waals surface area contributed by atoms with Gasteiger partial charge >= 0.3 is 0 Å². The maximum atomic E-state index is 5.84. The molecule has 0 amide bonds. The van der Waals surface area contributed by atoms with E-state index in [1.807, 2.05) is 18.2 Å². The fraction of sp³-hybridized carbons (Fsp3) is 0.455. The number of benzene rings is 1. The molecule has 1 aliphatic rings. The monoisotopic (exact) mass is 271 g/mol. The predicted octanol–water partition coefficient (Wildman–Crippen LogP) is 2.08. The van der Waals surface area contributed by atoms with Crippen molar-refractivity contribution in [3.05, 3.63) is 28.2 Å². The summed E-state index contributed by atoms with van der Waals surface area (Å²) in [6.45, 7) is 1.94. The van der Waals surface area contributed by atoms with E-state index in [-0.39, 0.29) is 6.10 Å². The van der Waals surface area contributed by atoms with Crippen LogP contribution in [0.3, 0.4) is 0 Å². The fourth-order valence-corrected chi connectivity index (χ4v) is 2.14. The van der Waals surface area contributed by atoms with Gasteiger partial charge in [0.15, 0.2) is 0 Å². The molecule has 0 spiro atoms. The van der Waals surface area contributed by atoms with E-state index in [0.717, 1.165) is 28.8 Å². The van der Waals surface area contributed by atoms with Gasteiger partial charge in [-0.25, -0.2) is 0 Å². The summed E-state index contributed by atoms with van der Waals surface area (Å²) in [4.78, 5) is 0. The van der Waals surface area contributed by atoms with Crippen LogP contribution >= 0.6 is 15.9 Å². The summed E-state index contributed by atoms with van der Waals surface area (Å²) in [7, 11) is 0. The Balaban J connectivity index is 2.15. The zero-order valence-electron chi connectivity index (χ0n) is 8.41. The Labute approximate surface area is 97.7 Å². The van der Waals surface area contributed by atoms with E-state index in [2.05, 4.69) is 15.9 Å². The van der Waals surface area contributed by atoms with Crippen LogP contribution in [0.2, 0.25) is 0 Å². The fourth-order valence-electron chi connectivity index (χ4n) is 1.63. The molecule has 4 heteroatoms. The summed E-state index contributed by atoms with van der Waals surface area (Å²) in [6, 6.07) is 5.87. The first-order valence-electron chi connectivity index (χ1n) is 5.03. The number of hydrogen-bond acceptors (Lipinski definition) is 3. The van der Waals surface area contributed by atoms with Crippen LogP contribution < -0.4 is 10.5 Å². The van der Waals surface area contributed by atoms with Gasteiger partial charge in [0.2, 0.25) is 0 Å². The summed E-state index contributed by atoms with van der Waals surface area (Å²) in [5.41, 5.74) is 6.70. The van der Waals surface area contributed by atoms with E-state index in [0.29, 0.717) is 13.2 Å². The Bertz CT molecular complexity index is 337. The third-order valence-corrected chi connectivity index (χ3v) is 3.20. The first kappa shape index (κ1) is 10.9. The largest absolute Gasteiger partial charge is 0.488 e. The minimum Gasteiger partial charge on any atom is -0.488 e. The van der Waals surface area contributed by atoms with Gasteiger partial charge < -0.3 is 15.2 Å². The number of ether oxygens (including phenoxy) is 2. The van der Waals surface area contributed by atoms with Crippen LogP contribution in [0.4, 0.5) is 0 Å². The lowest BCUT2D eigenvalue weighted by atomic mass is 10.2. The second-order valence-corrected chi connectivity index (χ2v) is 4.38. The van der Waals surface area contributed by atoms with Crippen molar-refractivity contribution in [2.45, 2.75) is 19.1 Å². The number of nitrogens with two attached hydrogens (primary N) is 1. The third-order valence-electron chi connectivity index (χ3n) is 2.46. The van der Waals surface area contributed by atoms with Crippen molar-refractivity contribution in [3.8, 4) is 5.75 Å². The molecule has 15 heavy (non-hydrogen) atoms. The molecule has 2 rings (SSSR count). The van der Waals surface area contributed by atoms with Gasteiger partial charge in [-0.15, -0.1) is 0 Å². The van der Waals surface area contributed by atoms with Crippen LogP contribution in [-0.4, -0.2) is 19.3 Å². The van der Waals surface area contributed by atoms with E-state index >= 15 is 0 Å². The van der Waals surface area contributed by atoms with E-state index < -0.39 is 0 Å². The molecule has 0 aliphatic carbocycles. The molecule has 1 unspecified atom stereocenters. The number of hydrogen-bond donors (Lipinski definition) is 1. The Hall–Kier alpha value is -0.580. The molecule has 1 aromatic carbocycles. The van der Waals surface area contributed by atoms with E-state index in [4.69, 9.17) is 15.2 Å². The van der Waals surface area contributed by atoms with Crippen LogP contribution in [0, 0.1) is 0 Å². The lowest BCUT2D eigenvalue weighted by Crippen LogP contribution is -2.17. The van der Waals surface area contributed by atoms with Crippen LogP contribution in [0.1, 0.15) is 12.0 Å². The summed E-state index contributed by atoms with van der Waals surface area (Å²) in [5.74, 6) is 0.863. The molecule has 0 radical (unpaired) electrons. The van der Waals surface area contributed by atoms with Gasteiger partial charge in [-0.2, -0.15) is 0 Å². The van der Waals surface area contributed by atoms with Gasteiger partial charge in [-0.1, -0.05) is 22.0 Å². The summed E-state index contributed by atoms with van der Waals surface area (Å²) < 4.78 is 12.1. The van der Waals surface area contributed by atoms with Crippen molar-refractivity contribution >= 4 is 15.9 Å². The van der Waals surface area contributed by atoms with Gasteiger partial charge in [0.05, 0.1) is 13.2 Å². The average Bonchev–Trinajstić information content (AvgIpc) is 2.71. The van der Waals surface area contributed by atoms with Crippen molar-refractivity contribution in [3.63, 3.8) is 0 Å². The van der Waals surface area contributed by atoms with Crippen molar-refractivity contribution < 1.29 is 9.47 Å². The van der Waals surface area contributed by atoms with Crippen LogP contribution in [0.5, 0.6) is 5.75 Å². The lowest BCUT2D eigenvalue weighted by molar-refractivity contribution is 0.140. The predicted molar refractivity (Wildman–Crippen MR) is 61.9 cm³/mol. The van der Waals surface area contributed by atoms with Gasteiger partial charge in [0.25, 0.3) is 0 Å². The maximum Gasteiger partial charge on any atom is 0.125 e. The van der Waals surface area contributed by atoms with Gasteiger partial charge in [0.1, 0.15) is 11.9 Å². The Morgan fingerprint density at radius 2 is 2.40 bits per heavy atom. The van der Waals surface area contributed by atoms with E-state index in [1.165, 1.54) is 0 Å². The minimum atomic E-state index is 0.171. The number of rotatable bonds is 3. The molecule has 0 aromatic heterocycles. The lowest BCUT2D eigenvalue weighted by Gasteiger charge is -2.15. The maximum absolute atomic E-state index is 5.84. The van der Waals surface area contributed by atoms with Crippen molar-refractivity contribution in [2.75, 3.05) is 13.2 Å². The number of halogens is 1. The molecule has 1 heterocycles. The summed E-state index contributed by atoms with van der Waals surface area (Å²) >= 11 is 3.47. The molecule has 2 N–H and O–H groups in total. The van der Waals surface area contributed by atoms with Crippen molar-refractivity contribution in [2.24, 2.45) is 5.73 Å². The molecular weight excluding hydrogens is 258 g/mol. The molecular formula is C11H14BrNO2. The summed E-state index contributed by atoms with van der Waals surface area (Å²) in [5, 5.41) is 0. The smallest absolute Gasteiger partial charge is 0.125 e. The molecule has 82 valence electrons. The van der Waals surface area contributed by atoms with Gasteiger partial charge in [-0.05, 0) is 12.1 Å². The highest BCUT2D eigenvalue weighted by molar-refractivity contribution is 9.10. The second kappa shape index (κ2) is 4.96. The topological polar surface area (TPSA) is 44.5 Å². The summed E-state index contributed by atoms with van der Waals surface area (Å²) in [6.07, 6.45) is 1.13. The van der Waals surface area contributed by atoms with Crippen molar-refractivity contribution in [1.29, 1.82) is 0 Å². The van der Waals surface area contributed by atoms with Gasteiger partial charge in [0, 0.05) is 23.0 Å².